The van der Waals surface area contributed by atoms with E-state index < -0.39 is 0 Å². The predicted molar refractivity (Wildman–Crippen MR) is 80.4 cm³/mol. The van der Waals surface area contributed by atoms with Gasteiger partial charge < -0.3 is 11.5 Å². The Balaban J connectivity index is 0.000000327. The number of hydrogen-bond acceptors (Lipinski definition) is 2. The molecule has 0 atom stereocenters. The van der Waals surface area contributed by atoms with Crippen molar-refractivity contribution in [1.29, 1.82) is 5.41 Å². The fourth-order valence-electron chi connectivity index (χ4n) is 1.09. The van der Waals surface area contributed by atoms with Gasteiger partial charge in [0.25, 0.3) is 0 Å². The molecule has 0 saturated carbocycles. The average Bonchev–Trinajstić information content (AvgIpc) is 2.30. The van der Waals surface area contributed by atoms with Crippen molar-refractivity contribution in [2.24, 2.45) is 10.7 Å². The Hall–Kier alpha value is -1.55. The molecule has 0 aromatic heterocycles. The maximum atomic E-state index is 6.99. The second-order valence-corrected chi connectivity index (χ2v) is 4.28. The number of benzene rings is 1. The van der Waals surface area contributed by atoms with Crippen LogP contribution in [0, 0.1) is 5.41 Å². The summed E-state index contributed by atoms with van der Waals surface area (Å²) in [6.07, 6.45) is 2.99. The van der Waals surface area contributed by atoms with Crippen LogP contribution in [0.3, 0.4) is 0 Å². The minimum absolute atomic E-state index is 0.286. The van der Waals surface area contributed by atoms with Gasteiger partial charge in [0, 0.05) is 17.1 Å². The van der Waals surface area contributed by atoms with Gasteiger partial charge in [-0.05, 0) is 37.6 Å². The molecule has 0 unspecified atom stereocenters. The van der Waals surface area contributed by atoms with Crippen LogP contribution in [0.5, 0.6) is 0 Å². The summed E-state index contributed by atoms with van der Waals surface area (Å²) in [5.41, 5.74) is 11.6. The minimum atomic E-state index is 0.286. The largest absolute Gasteiger partial charge is 0.399 e. The van der Waals surface area contributed by atoms with Crippen molar-refractivity contribution in [2.75, 3.05) is 5.73 Å². The van der Waals surface area contributed by atoms with E-state index >= 15 is 0 Å². The summed E-state index contributed by atoms with van der Waals surface area (Å²) in [7, 11) is 0. The third kappa shape index (κ3) is 9.66. The van der Waals surface area contributed by atoms with Crippen molar-refractivity contribution in [3.05, 3.63) is 29.3 Å². The Morgan fingerprint density at radius 2 is 1.89 bits per heavy atom. The van der Waals surface area contributed by atoms with Crippen molar-refractivity contribution < 1.29 is 0 Å². The van der Waals surface area contributed by atoms with Crippen LogP contribution in [0.2, 0.25) is 5.02 Å². The predicted octanol–water partition coefficient (Wildman–Crippen LogP) is 3.45. The van der Waals surface area contributed by atoms with Gasteiger partial charge in [0.2, 0.25) is 0 Å². The molecule has 0 aliphatic carbocycles. The van der Waals surface area contributed by atoms with Crippen LogP contribution in [0.15, 0.2) is 29.3 Å². The number of nitrogens with two attached hydrogens (primary N) is 2. The van der Waals surface area contributed by atoms with Gasteiger partial charge in [-0.3, -0.25) is 5.41 Å². The molecule has 0 radical (unpaired) electrons. The summed E-state index contributed by atoms with van der Waals surface area (Å²) in [6, 6.07) is 7.05. The zero-order valence-electron chi connectivity index (χ0n) is 10.9. The molecule has 5 N–H and O–H groups in total. The lowest BCUT2D eigenvalue weighted by Gasteiger charge is -1.96. The van der Waals surface area contributed by atoms with Crippen molar-refractivity contribution >= 4 is 29.0 Å². The van der Waals surface area contributed by atoms with E-state index in [9.17, 15) is 0 Å². The summed E-state index contributed by atoms with van der Waals surface area (Å²) >= 11 is 5.56. The summed E-state index contributed by atoms with van der Waals surface area (Å²) in [4.78, 5) is 3.79. The number of rotatable bonds is 3. The number of aliphatic imine (C=N–C) groups is 1. The zero-order valence-corrected chi connectivity index (χ0v) is 11.7. The lowest BCUT2D eigenvalue weighted by molar-refractivity contribution is 0.831. The number of amidine groups is 2. The Kier molecular flexibility index (Phi) is 8.66. The summed E-state index contributed by atoms with van der Waals surface area (Å²) < 4.78 is 0. The molecular formula is C13H21ClN4. The monoisotopic (exact) mass is 268 g/mol. The quantitative estimate of drug-likeness (QED) is 0.445. The van der Waals surface area contributed by atoms with Crippen LogP contribution < -0.4 is 11.5 Å². The number of unbranched alkanes of at least 4 members (excludes halogenated alkanes) is 1. The van der Waals surface area contributed by atoms with Crippen molar-refractivity contribution in [3.8, 4) is 0 Å². The van der Waals surface area contributed by atoms with Gasteiger partial charge in [0.1, 0.15) is 11.7 Å². The van der Waals surface area contributed by atoms with E-state index in [1.54, 1.807) is 31.2 Å². The summed E-state index contributed by atoms with van der Waals surface area (Å²) in [6.45, 7) is 3.73. The molecule has 1 aromatic rings. The molecule has 0 spiro atoms. The standard InChI is InChI=1S/C7H15N3.C6H6ClN/c1-3-4-5-7(9)10-6(2)8;7-5-1-3-6(8)4-2-5/h3-5H2,1-2H3,(H3,8,9,10);1-4H,8H2. The van der Waals surface area contributed by atoms with Crippen LogP contribution in [0.25, 0.3) is 0 Å². The van der Waals surface area contributed by atoms with Gasteiger partial charge in [0.05, 0.1) is 0 Å². The van der Waals surface area contributed by atoms with Crippen LogP contribution in [-0.4, -0.2) is 11.7 Å². The highest BCUT2D eigenvalue weighted by Crippen LogP contribution is 2.09. The topological polar surface area (TPSA) is 88.2 Å². The normalized spacial score (nSPS) is 10.5. The molecule has 4 nitrogen and oxygen atoms in total. The van der Waals surface area contributed by atoms with E-state index in [-0.39, 0.29) is 5.84 Å². The molecule has 0 heterocycles. The van der Waals surface area contributed by atoms with Gasteiger partial charge in [0.15, 0.2) is 0 Å². The lowest BCUT2D eigenvalue weighted by atomic mass is 10.2. The molecule has 100 valence electrons. The Morgan fingerprint density at radius 3 is 2.28 bits per heavy atom. The lowest BCUT2D eigenvalue weighted by Crippen LogP contribution is -2.12. The first-order valence-electron chi connectivity index (χ1n) is 5.85. The van der Waals surface area contributed by atoms with Crippen molar-refractivity contribution in [3.63, 3.8) is 0 Å². The minimum Gasteiger partial charge on any atom is -0.399 e. The molecule has 5 heteroatoms. The molecule has 1 aromatic carbocycles. The van der Waals surface area contributed by atoms with E-state index in [1.165, 1.54) is 0 Å². The van der Waals surface area contributed by atoms with Gasteiger partial charge in [-0.1, -0.05) is 24.9 Å². The molecule has 1 rings (SSSR count). The zero-order chi connectivity index (χ0) is 14.0. The van der Waals surface area contributed by atoms with Gasteiger partial charge in [-0.15, -0.1) is 0 Å². The number of nitrogen functional groups attached to an aromatic ring is 1. The number of nitrogens with zero attached hydrogens (tertiary/aromatic N) is 1. The molecule has 0 amide bonds. The van der Waals surface area contributed by atoms with E-state index in [2.05, 4.69) is 11.9 Å². The first-order chi connectivity index (χ1) is 8.45. The highest BCUT2D eigenvalue weighted by molar-refractivity contribution is 6.30. The maximum absolute atomic E-state index is 6.99. The molecule has 0 aliphatic heterocycles. The van der Waals surface area contributed by atoms with Crippen molar-refractivity contribution in [2.45, 2.75) is 33.1 Å². The van der Waals surface area contributed by atoms with Gasteiger partial charge in [-0.2, -0.15) is 0 Å². The maximum Gasteiger partial charge on any atom is 0.119 e. The highest BCUT2D eigenvalue weighted by atomic mass is 35.5. The van der Waals surface area contributed by atoms with Crippen LogP contribution in [0.4, 0.5) is 5.69 Å². The first kappa shape index (κ1) is 16.4. The van der Waals surface area contributed by atoms with Crippen LogP contribution in [-0.2, 0) is 0 Å². The van der Waals surface area contributed by atoms with Gasteiger partial charge in [-0.25, -0.2) is 4.99 Å². The molecular weight excluding hydrogens is 248 g/mol. The van der Waals surface area contributed by atoms with Gasteiger partial charge >= 0.3 is 0 Å². The number of nitrogens with one attached hydrogen (secondary N) is 1. The fourth-order valence-corrected chi connectivity index (χ4v) is 1.22. The molecule has 0 aliphatic rings. The van der Waals surface area contributed by atoms with E-state index in [0.29, 0.717) is 5.84 Å². The summed E-state index contributed by atoms with van der Waals surface area (Å²) in [5, 5.41) is 7.71. The van der Waals surface area contributed by atoms with E-state index in [0.717, 1.165) is 30.0 Å². The Labute approximate surface area is 114 Å². The average molecular weight is 269 g/mol. The number of hydrogen-bond donors (Lipinski definition) is 3. The fraction of sp³-hybridized carbons (Fsp3) is 0.385. The molecule has 0 saturated heterocycles. The Morgan fingerprint density at radius 1 is 1.33 bits per heavy atom. The molecule has 0 fully saturated rings. The third-order valence-electron chi connectivity index (χ3n) is 1.97. The first-order valence-corrected chi connectivity index (χ1v) is 6.22. The SMILES string of the molecule is CCCCC(N)=NC(C)=N.Nc1ccc(Cl)cc1. The number of anilines is 1. The second kappa shape index (κ2) is 9.48. The smallest absolute Gasteiger partial charge is 0.119 e. The van der Waals surface area contributed by atoms with Crippen LogP contribution in [0.1, 0.15) is 33.1 Å². The van der Waals surface area contributed by atoms with Crippen molar-refractivity contribution in [1.82, 2.24) is 0 Å². The molecule has 18 heavy (non-hydrogen) atoms. The summed E-state index contributed by atoms with van der Waals surface area (Å²) in [5.74, 6) is 0.864. The number of halogens is 1. The van der Waals surface area contributed by atoms with Crippen LogP contribution >= 0.6 is 11.6 Å². The highest BCUT2D eigenvalue weighted by Gasteiger charge is 1.90. The Bertz CT molecular complexity index is 363. The molecule has 0 bridgehead atoms. The van der Waals surface area contributed by atoms with E-state index in [1.807, 2.05) is 0 Å². The van der Waals surface area contributed by atoms with E-state index in [4.69, 9.17) is 28.5 Å². The second-order valence-electron chi connectivity index (χ2n) is 3.84. The third-order valence-corrected chi connectivity index (χ3v) is 2.22.